The molecular formula is C21H26ClN3O4S4. The van der Waals surface area contributed by atoms with E-state index >= 15 is 0 Å². The first kappa shape index (κ1) is 26.1. The zero-order chi connectivity index (χ0) is 22.9. The van der Waals surface area contributed by atoms with Gasteiger partial charge in [-0.1, -0.05) is 6.07 Å². The fourth-order valence-corrected chi connectivity index (χ4v) is 7.58. The van der Waals surface area contributed by atoms with E-state index in [-0.39, 0.29) is 35.9 Å². The monoisotopic (exact) mass is 547 g/mol. The molecule has 0 radical (unpaired) electrons. The van der Waals surface area contributed by atoms with Gasteiger partial charge >= 0.3 is 0 Å². The third-order valence-electron chi connectivity index (χ3n) is 5.38. The summed E-state index contributed by atoms with van der Waals surface area (Å²) in [6.45, 7) is 3.04. The fraction of sp³-hybridized carbons (Fsp3) is 0.333. The number of nitrogens with zero attached hydrogens (tertiary/aromatic N) is 1. The molecule has 4 rings (SSSR count). The number of sulfonamides is 2. The average molecular weight is 548 g/mol. The zero-order valence-corrected chi connectivity index (χ0v) is 22.2. The predicted molar refractivity (Wildman–Crippen MR) is 138 cm³/mol. The molecule has 0 unspecified atom stereocenters. The van der Waals surface area contributed by atoms with Crippen LogP contribution in [0.2, 0.25) is 0 Å². The van der Waals surface area contributed by atoms with Crippen molar-refractivity contribution in [3.63, 3.8) is 0 Å². The molecule has 0 bridgehead atoms. The maximum Gasteiger partial charge on any atom is 0.240 e. The molecule has 0 saturated carbocycles. The molecule has 12 heteroatoms. The van der Waals surface area contributed by atoms with Crippen LogP contribution < -0.4 is 9.44 Å². The van der Waals surface area contributed by atoms with E-state index < -0.39 is 20.0 Å². The van der Waals surface area contributed by atoms with Gasteiger partial charge in [-0.05, 0) is 66.1 Å². The van der Waals surface area contributed by atoms with Crippen LogP contribution in [0.3, 0.4) is 0 Å². The number of thiophene rings is 2. The van der Waals surface area contributed by atoms with Crippen molar-refractivity contribution in [2.24, 2.45) is 0 Å². The number of anilines is 1. The molecule has 7 nitrogen and oxygen atoms in total. The van der Waals surface area contributed by atoms with Crippen LogP contribution >= 0.6 is 35.1 Å². The maximum atomic E-state index is 12.8. The lowest BCUT2D eigenvalue weighted by Gasteiger charge is -2.40. The molecule has 1 aliphatic heterocycles. The second kappa shape index (κ2) is 10.4. The van der Waals surface area contributed by atoms with E-state index in [0.29, 0.717) is 12.2 Å². The standard InChI is InChI=1S/C21H25N3O4S4.ClH/c1-15-14-16-9-13-30-21(16)20(19-4-3-12-29-19)24(15)11-10-22-32(27,28)18-7-5-17(6-8-18)23-31(2,25)26;/h3-9,12-13,15,20,22-23H,10-11,14H2,1-2H3;1H/t15-,20+;/m1./s1. The average Bonchev–Trinajstić information content (AvgIpc) is 3.39. The number of hydrogen-bond donors (Lipinski definition) is 2. The van der Waals surface area contributed by atoms with Gasteiger partial charge in [0.05, 0.1) is 17.2 Å². The van der Waals surface area contributed by atoms with Crippen molar-refractivity contribution in [3.05, 3.63) is 68.5 Å². The lowest BCUT2D eigenvalue weighted by Crippen LogP contribution is -2.45. The molecule has 3 aromatic rings. The molecule has 2 aromatic heterocycles. The number of halogens is 1. The summed E-state index contributed by atoms with van der Waals surface area (Å²) in [7, 11) is -7.13. The van der Waals surface area contributed by atoms with Gasteiger partial charge in [0.1, 0.15) is 0 Å². The summed E-state index contributed by atoms with van der Waals surface area (Å²) in [5.74, 6) is 0. The molecule has 180 valence electrons. The minimum absolute atomic E-state index is 0. The summed E-state index contributed by atoms with van der Waals surface area (Å²) < 4.78 is 53.2. The molecule has 0 aliphatic carbocycles. The second-order valence-corrected chi connectivity index (χ2v) is 13.3. The number of fused-ring (bicyclic) bond motifs is 1. The first-order valence-corrected chi connectivity index (χ1v) is 15.2. The van der Waals surface area contributed by atoms with Crippen LogP contribution in [0, 0.1) is 0 Å². The Morgan fingerprint density at radius 2 is 1.76 bits per heavy atom. The van der Waals surface area contributed by atoms with Gasteiger partial charge in [0.2, 0.25) is 20.0 Å². The molecule has 0 spiro atoms. The van der Waals surface area contributed by atoms with Gasteiger partial charge in [-0.3, -0.25) is 9.62 Å². The van der Waals surface area contributed by atoms with Crippen LogP contribution in [0.5, 0.6) is 0 Å². The van der Waals surface area contributed by atoms with Gasteiger partial charge < -0.3 is 0 Å². The highest BCUT2D eigenvalue weighted by Gasteiger charge is 2.34. The SMILES string of the molecule is C[C@@H]1Cc2ccsc2[C@H](c2cccs2)N1CCNS(=O)(=O)c1ccc(NS(C)(=O)=O)cc1.Cl. The quantitative estimate of drug-likeness (QED) is 0.446. The number of rotatable bonds is 8. The van der Waals surface area contributed by atoms with Crippen LogP contribution in [0.4, 0.5) is 5.69 Å². The smallest absolute Gasteiger partial charge is 0.240 e. The second-order valence-electron chi connectivity index (χ2n) is 7.82. The van der Waals surface area contributed by atoms with Crippen LogP contribution in [0.25, 0.3) is 0 Å². The molecule has 33 heavy (non-hydrogen) atoms. The Kier molecular flexibility index (Phi) is 8.26. The lowest BCUT2D eigenvalue weighted by molar-refractivity contribution is 0.159. The van der Waals surface area contributed by atoms with Crippen molar-refractivity contribution in [1.82, 2.24) is 9.62 Å². The Bertz CT molecular complexity index is 1270. The third kappa shape index (κ3) is 6.16. The maximum absolute atomic E-state index is 12.8. The highest BCUT2D eigenvalue weighted by molar-refractivity contribution is 7.92. The number of hydrogen-bond acceptors (Lipinski definition) is 7. The Labute approximate surface area is 209 Å². The Morgan fingerprint density at radius 3 is 2.39 bits per heavy atom. The van der Waals surface area contributed by atoms with E-state index in [2.05, 4.69) is 50.2 Å². The summed E-state index contributed by atoms with van der Waals surface area (Å²) in [6, 6.07) is 12.5. The Hall–Kier alpha value is -1.47. The Morgan fingerprint density at radius 1 is 1.03 bits per heavy atom. The molecule has 2 N–H and O–H groups in total. The van der Waals surface area contributed by atoms with Crippen molar-refractivity contribution in [1.29, 1.82) is 0 Å². The highest BCUT2D eigenvalue weighted by Crippen LogP contribution is 2.42. The van der Waals surface area contributed by atoms with Crippen molar-refractivity contribution in [2.45, 2.75) is 30.3 Å². The molecular weight excluding hydrogens is 522 g/mol. The minimum atomic E-state index is -3.71. The van der Waals surface area contributed by atoms with E-state index in [9.17, 15) is 16.8 Å². The molecule has 2 atom stereocenters. The molecule has 1 aromatic carbocycles. The third-order valence-corrected chi connectivity index (χ3v) is 9.40. The largest absolute Gasteiger partial charge is 0.287 e. The summed E-state index contributed by atoms with van der Waals surface area (Å²) in [5.41, 5.74) is 1.69. The highest BCUT2D eigenvalue weighted by atomic mass is 35.5. The van der Waals surface area contributed by atoms with Crippen LogP contribution in [-0.4, -0.2) is 47.1 Å². The summed E-state index contributed by atoms with van der Waals surface area (Å²) in [6.07, 6.45) is 1.99. The van der Waals surface area contributed by atoms with E-state index in [1.54, 1.807) is 22.7 Å². The van der Waals surface area contributed by atoms with Crippen molar-refractivity contribution in [2.75, 3.05) is 24.1 Å². The number of nitrogens with one attached hydrogen (secondary N) is 2. The minimum Gasteiger partial charge on any atom is -0.287 e. The number of benzene rings is 1. The van der Waals surface area contributed by atoms with Crippen LogP contribution in [-0.2, 0) is 26.5 Å². The van der Waals surface area contributed by atoms with Gasteiger partial charge in [-0.2, -0.15) is 0 Å². The van der Waals surface area contributed by atoms with E-state index in [1.807, 2.05) is 0 Å². The first-order chi connectivity index (χ1) is 15.1. The summed E-state index contributed by atoms with van der Waals surface area (Å²) in [4.78, 5) is 5.06. The van der Waals surface area contributed by atoms with Gasteiger partial charge in [0.15, 0.2) is 0 Å². The van der Waals surface area contributed by atoms with Crippen LogP contribution in [0.1, 0.15) is 28.3 Å². The molecule has 1 aliphatic rings. The van der Waals surface area contributed by atoms with Gasteiger partial charge in [0, 0.05) is 34.6 Å². The first-order valence-electron chi connectivity index (χ1n) is 10.1. The zero-order valence-electron chi connectivity index (χ0n) is 18.1. The van der Waals surface area contributed by atoms with Crippen molar-refractivity contribution >= 4 is 60.8 Å². The van der Waals surface area contributed by atoms with E-state index in [1.165, 1.54) is 39.6 Å². The van der Waals surface area contributed by atoms with E-state index in [0.717, 1.165) is 12.7 Å². The fourth-order valence-electron chi connectivity index (χ4n) is 3.99. The van der Waals surface area contributed by atoms with Gasteiger partial charge in [-0.15, -0.1) is 35.1 Å². The topological polar surface area (TPSA) is 95.6 Å². The van der Waals surface area contributed by atoms with E-state index in [4.69, 9.17) is 0 Å². The molecule has 0 amide bonds. The molecule has 3 heterocycles. The van der Waals surface area contributed by atoms with Gasteiger partial charge in [0.25, 0.3) is 0 Å². The van der Waals surface area contributed by atoms with Crippen LogP contribution in [0.15, 0.2) is 58.1 Å². The van der Waals surface area contributed by atoms with Crippen molar-refractivity contribution in [3.8, 4) is 0 Å². The normalized spacial score (nSPS) is 19.0. The molecule has 0 saturated heterocycles. The summed E-state index contributed by atoms with van der Waals surface area (Å²) in [5, 5.41) is 4.21. The van der Waals surface area contributed by atoms with Crippen molar-refractivity contribution < 1.29 is 16.8 Å². The Balaban J connectivity index is 0.00000306. The summed E-state index contributed by atoms with van der Waals surface area (Å²) >= 11 is 3.48. The predicted octanol–water partition coefficient (Wildman–Crippen LogP) is 3.92. The molecule has 0 fully saturated rings. The van der Waals surface area contributed by atoms with Gasteiger partial charge in [-0.25, -0.2) is 21.6 Å². The lowest BCUT2D eigenvalue weighted by atomic mass is 9.95.